The van der Waals surface area contributed by atoms with Crippen molar-refractivity contribution in [2.45, 2.75) is 6.54 Å². The van der Waals surface area contributed by atoms with E-state index in [2.05, 4.69) is 22.2 Å². The molecule has 2 aromatic carbocycles. The van der Waals surface area contributed by atoms with E-state index >= 15 is 0 Å². The number of halogens is 1. The van der Waals surface area contributed by atoms with Crippen LogP contribution in [-0.4, -0.2) is 65.3 Å². The van der Waals surface area contributed by atoms with Crippen LogP contribution in [0.25, 0.3) is 0 Å². The van der Waals surface area contributed by atoms with Gasteiger partial charge in [0.1, 0.15) is 12.4 Å². The van der Waals surface area contributed by atoms with E-state index in [-0.39, 0.29) is 12.2 Å². The summed E-state index contributed by atoms with van der Waals surface area (Å²) in [4.78, 5) is 17.0. The minimum atomic E-state index is -3.82. The molecule has 1 aliphatic heterocycles. The van der Waals surface area contributed by atoms with Crippen molar-refractivity contribution in [2.75, 3.05) is 55.2 Å². The van der Waals surface area contributed by atoms with E-state index in [1.54, 1.807) is 0 Å². The number of piperazine rings is 1. The second kappa shape index (κ2) is 9.44. The molecule has 1 saturated heterocycles. The number of anilines is 2. The van der Waals surface area contributed by atoms with Crippen LogP contribution in [0.2, 0.25) is 0 Å². The summed E-state index contributed by atoms with van der Waals surface area (Å²) in [5, 5.41) is 2.71. The van der Waals surface area contributed by atoms with Crippen molar-refractivity contribution in [1.82, 2.24) is 10.2 Å². The summed E-state index contributed by atoms with van der Waals surface area (Å²) in [6.45, 7) is 3.77. The lowest BCUT2D eigenvalue weighted by atomic mass is 10.1. The lowest BCUT2D eigenvalue weighted by molar-refractivity contribution is -0.119. The van der Waals surface area contributed by atoms with E-state index in [1.807, 2.05) is 24.3 Å². The van der Waals surface area contributed by atoms with Crippen LogP contribution in [0.1, 0.15) is 5.56 Å². The van der Waals surface area contributed by atoms with E-state index in [0.29, 0.717) is 0 Å². The van der Waals surface area contributed by atoms with Crippen molar-refractivity contribution in [3.05, 3.63) is 59.9 Å². The summed E-state index contributed by atoms with van der Waals surface area (Å²) in [6.07, 6.45) is 0.948. The average Bonchev–Trinajstić information content (AvgIpc) is 2.71. The third kappa shape index (κ3) is 5.70. The molecule has 1 aliphatic rings. The molecule has 3 rings (SSSR count). The van der Waals surface area contributed by atoms with Crippen LogP contribution in [0.4, 0.5) is 15.8 Å². The minimum absolute atomic E-state index is 0.147. The Morgan fingerprint density at radius 1 is 1.07 bits per heavy atom. The van der Waals surface area contributed by atoms with Crippen LogP contribution >= 0.6 is 0 Å². The van der Waals surface area contributed by atoms with Gasteiger partial charge in [-0.3, -0.25) is 9.10 Å². The molecule has 0 saturated carbocycles. The standard InChI is InChI=1S/C21H27FN4O3S/c1-24-11-13-25(14-12-24)18-9-7-17(8-10-18)15-23-21(27)16-26(30(2,28)29)20-6-4-3-5-19(20)22/h3-10H,11-16H2,1-2H3,(H,23,27). The van der Waals surface area contributed by atoms with E-state index in [0.717, 1.165) is 54.1 Å². The Morgan fingerprint density at radius 3 is 2.30 bits per heavy atom. The van der Waals surface area contributed by atoms with Crippen molar-refractivity contribution >= 4 is 27.3 Å². The largest absolute Gasteiger partial charge is 0.369 e. The van der Waals surface area contributed by atoms with Crippen LogP contribution in [0.15, 0.2) is 48.5 Å². The molecule has 30 heavy (non-hydrogen) atoms. The fourth-order valence-electron chi connectivity index (χ4n) is 3.31. The number of rotatable bonds is 7. The molecule has 1 amide bonds. The number of para-hydroxylation sites is 1. The van der Waals surface area contributed by atoms with Gasteiger partial charge in [0.15, 0.2) is 0 Å². The Hall–Kier alpha value is -2.65. The Morgan fingerprint density at radius 2 is 1.70 bits per heavy atom. The number of hydrogen-bond acceptors (Lipinski definition) is 5. The monoisotopic (exact) mass is 434 g/mol. The molecule has 9 heteroatoms. The topological polar surface area (TPSA) is 73.0 Å². The maximum atomic E-state index is 14.0. The van der Waals surface area contributed by atoms with Gasteiger partial charge < -0.3 is 15.1 Å². The summed E-state index contributed by atoms with van der Waals surface area (Å²) >= 11 is 0. The van der Waals surface area contributed by atoms with Crippen LogP contribution < -0.4 is 14.5 Å². The van der Waals surface area contributed by atoms with Crippen LogP contribution in [-0.2, 0) is 21.4 Å². The molecule has 0 atom stereocenters. The van der Waals surface area contributed by atoms with Gasteiger partial charge in [0.05, 0.1) is 11.9 Å². The number of carbonyl (C=O) groups excluding carboxylic acids is 1. The van der Waals surface area contributed by atoms with Gasteiger partial charge in [-0.1, -0.05) is 24.3 Å². The van der Waals surface area contributed by atoms with E-state index in [1.165, 1.54) is 18.2 Å². The Labute approximate surface area is 177 Å². The Kier molecular flexibility index (Phi) is 6.94. The number of carbonyl (C=O) groups is 1. The molecule has 0 radical (unpaired) electrons. The highest BCUT2D eigenvalue weighted by molar-refractivity contribution is 7.92. The van der Waals surface area contributed by atoms with E-state index in [4.69, 9.17) is 0 Å². The number of benzene rings is 2. The van der Waals surface area contributed by atoms with Gasteiger partial charge in [-0.2, -0.15) is 0 Å². The number of nitrogens with one attached hydrogen (secondary N) is 1. The van der Waals surface area contributed by atoms with Gasteiger partial charge in [0.2, 0.25) is 15.9 Å². The van der Waals surface area contributed by atoms with Crippen molar-refractivity contribution < 1.29 is 17.6 Å². The predicted molar refractivity (Wildman–Crippen MR) is 117 cm³/mol. The molecule has 7 nitrogen and oxygen atoms in total. The number of sulfonamides is 1. The van der Waals surface area contributed by atoms with Gasteiger partial charge in [-0.05, 0) is 36.9 Å². The highest BCUT2D eigenvalue weighted by Crippen LogP contribution is 2.21. The summed E-state index contributed by atoms with van der Waals surface area (Å²) in [6, 6.07) is 13.4. The maximum absolute atomic E-state index is 14.0. The quantitative estimate of drug-likeness (QED) is 0.718. The first-order chi connectivity index (χ1) is 14.2. The Balaban J connectivity index is 1.58. The van der Waals surface area contributed by atoms with Gasteiger partial charge in [-0.15, -0.1) is 0 Å². The summed E-state index contributed by atoms with van der Waals surface area (Å²) < 4.78 is 39.0. The molecule has 2 aromatic rings. The van der Waals surface area contributed by atoms with Crippen molar-refractivity contribution in [2.24, 2.45) is 0 Å². The first kappa shape index (κ1) is 22.0. The fraction of sp³-hybridized carbons (Fsp3) is 0.381. The number of amides is 1. The fourth-order valence-corrected chi connectivity index (χ4v) is 4.17. The second-order valence-corrected chi connectivity index (χ2v) is 9.36. The summed E-state index contributed by atoms with van der Waals surface area (Å²) in [5.41, 5.74) is 1.89. The molecule has 1 heterocycles. The molecule has 0 bridgehead atoms. The highest BCUT2D eigenvalue weighted by atomic mass is 32.2. The van der Waals surface area contributed by atoms with Crippen molar-refractivity contribution in [3.63, 3.8) is 0 Å². The molecule has 0 spiro atoms. The third-order valence-electron chi connectivity index (χ3n) is 5.10. The first-order valence-electron chi connectivity index (χ1n) is 9.75. The van der Waals surface area contributed by atoms with Gasteiger partial charge >= 0.3 is 0 Å². The van der Waals surface area contributed by atoms with Crippen molar-refractivity contribution in [3.8, 4) is 0 Å². The molecular formula is C21H27FN4O3S. The maximum Gasteiger partial charge on any atom is 0.241 e. The predicted octanol–water partition coefficient (Wildman–Crippen LogP) is 1.66. The summed E-state index contributed by atoms with van der Waals surface area (Å²) in [7, 11) is -1.71. The average molecular weight is 435 g/mol. The smallest absolute Gasteiger partial charge is 0.241 e. The molecular weight excluding hydrogens is 407 g/mol. The number of likely N-dealkylation sites (N-methyl/N-ethyl adjacent to an activating group) is 1. The van der Waals surface area contributed by atoms with Gasteiger partial charge in [-0.25, -0.2) is 12.8 Å². The lowest BCUT2D eigenvalue weighted by Gasteiger charge is -2.34. The molecule has 162 valence electrons. The molecule has 0 aliphatic carbocycles. The van der Waals surface area contributed by atoms with E-state index in [9.17, 15) is 17.6 Å². The lowest BCUT2D eigenvalue weighted by Crippen LogP contribution is -2.44. The molecule has 0 aromatic heterocycles. The first-order valence-corrected chi connectivity index (χ1v) is 11.6. The molecule has 0 unspecified atom stereocenters. The molecule has 1 fully saturated rings. The van der Waals surface area contributed by atoms with Crippen molar-refractivity contribution in [1.29, 1.82) is 0 Å². The zero-order chi connectivity index (χ0) is 21.7. The zero-order valence-corrected chi connectivity index (χ0v) is 18.0. The van der Waals surface area contributed by atoms with Gasteiger partial charge in [0, 0.05) is 38.4 Å². The normalized spacial score (nSPS) is 15.1. The minimum Gasteiger partial charge on any atom is -0.369 e. The van der Waals surface area contributed by atoms with Crippen LogP contribution in [0.5, 0.6) is 0 Å². The second-order valence-electron chi connectivity index (χ2n) is 7.45. The summed E-state index contributed by atoms with van der Waals surface area (Å²) in [5.74, 6) is -1.21. The zero-order valence-electron chi connectivity index (χ0n) is 17.2. The van der Waals surface area contributed by atoms with Crippen LogP contribution in [0.3, 0.4) is 0 Å². The number of nitrogens with zero attached hydrogens (tertiary/aromatic N) is 3. The highest BCUT2D eigenvalue weighted by Gasteiger charge is 2.23. The van der Waals surface area contributed by atoms with Crippen LogP contribution in [0, 0.1) is 5.82 Å². The van der Waals surface area contributed by atoms with E-state index < -0.39 is 28.3 Å². The van der Waals surface area contributed by atoms with Gasteiger partial charge in [0.25, 0.3) is 0 Å². The Bertz CT molecular complexity index is 974. The SMILES string of the molecule is CN1CCN(c2ccc(CNC(=O)CN(c3ccccc3F)S(C)(=O)=O)cc2)CC1. The molecule has 1 N–H and O–H groups in total. The third-order valence-corrected chi connectivity index (χ3v) is 6.23. The number of hydrogen-bond donors (Lipinski definition) is 1.